The van der Waals surface area contributed by atoms with Crippen molar-refractivity contribution in [3.05, 3.63) is 33.3 Å². The molecule has 0 aromatic heterocycles. The highest BCUT2D eigenvalue weighted by atomic mass is 79.9. The van der Waals surface area contributed by atoms with E-state index in [1.165, 1.54) is 4.90 Å². The van der Waals surface area contributed by atoms with Gasteiger partial charge < -0.3 is 15.8 Å². The van der Waals surface area contributed by atoms with Gasteiger partial charge >= 0.3 is 0 Å². The lowest BCUT2D eigenvalue weighted by Crippen LogP contribution is -2.38. The van der Waals surface area contributed by atoms with Gasteiger partial charge in [-0.3, -0.25) is 4.79 Å². The Kier molecular flexibility index (Phi) is 5.43. The van der Waals surface area contributed by atoms with Crippen molar-refractivity contribution in [2.75, 3.05) is 13.1 Å². The molecule has 0 saturated heterocycles. The van der Waals surface area contributed by atoms with Crippen molar-refractivity contribution < 1.29 is 10.0 Å². The average Bonchev–Trinajstić information content (AvgIpc) is 2.37. The van der Waals surface area contributed by atoms with Crippen molar-refractivity contribution in [3.63, 3.8) is 0 Å². The largest absolute Gasteiger partial charge is 0.409 e. The van der Waals surface area contributed by atoms with E-state index in [1.54, 1.807) is 25.1 Å². The third kappa shape index (κ3) is 3.61. The summed E-state index contributed by atoms with van der Waals surface area (Å²) in [6.45, 7) is 2.28. The zero-order chi connectivity index (χ0) is 13.7. The lowest BCUT2D eigenvalue weighted by molar-refractivity contribution is 0.0786. The highest BCUT2D eigenvalue weighted by Crippen LogP contribution is 2.22. The Bertz CT molecular complexity index is 479. The van der Waals surface area contributed by atoms with Crippen molar-refractivity contribution in [1.29, 1.82) is 0 Å². The first-order valence-electron chi connectivity index (χ1n) is 5.20. The first kappa shape index (κ1) is 14.8. The highest BCUT2D eigenvalue weighted by molar-refractivity contribution is 9.10. The van der Waals surface area contributed by atoms with Crippen LogP contribution in [0.25, 0.3) is 0 Å². The smallest absolute Gasteiger partial charge is 0.255 e. The number of amidine groups is 1. The van der Waals surface area contributed by atoms with Gasteiger partial charge in [0.05, 0.1) is 17.1 Å². The van der Waals surface area contributed by atoms with E-state index in [2.05, 4.69) is 21.1 Å². The lowest BCUT2D eigenvalue weighted by atomic mass is 10.2. The van der Waals surface area contributed by atoms with E-state index in [1.807, 2.05) is 0 Å². The lowest BCUT2D eigenvalue weighted by Gasteiger charge is -2.20. The zero-order valence-electron chi connectivity index (χ0n) is 9.73. The maximum Gasteiger partial charge on any atom is 0.255 e. The Labute approximate surface area is 118 Å². The van der Waals surface area contributed by atoms with E-state index in [9.17, 15) is 4.79 Å². The summed E-state index contributed by atoms with van der Waals surface area (Å²) in [7, 11) is 0. The first-order chi connectivity index (χ1) is 8.49. The maximum atomic E-state index is 12.2. The Morgan fingerprint density at radius 3 is 2.83 bits per heavy atom. The molecule has 0 saturated carbocycles. The van der Waals surface area contributed by atoms with Crippen molar-refractivity contribution >= 4 is 39.3 Å². The molecular formula is C11H13BrClN3O2. The molecule has 1 aromatic carbocycles. The molecule has 1 rings (SSSR count). The molecule has 5 nitrogen and oxygen atoms in total. The van der Waals surface area contributed by atoms with Crippen molar-refractivity contribution in [2.45, 2.75) is 6.92 Å². The van der Waals surface area contributed by atoms with Crippen LogP contribution in [0.1, 0.15) is 17.3 Å². The van der Waals surface area contributed by atoms with Crippen molar-refractivity contribution in [1.82, 2.24) is 4.90 Å². The Morgan fingerprint density at radius 2 is 2.28 bits per heavy atom. The molecule has 0 atom stereocenters. The van der Waals surface area contributed by atoms with Crippen LogP contribution in [0.4, 0.5) is 0 Å². The summed E-state index contributed by atoms with van der Waals surface area (Å²) in [5, 5.41) is 11.7. The third-order valence-electron chi connectivity index (χ3n) is 2.31. The molecular weight excluding hydrogens is 321 g/mol. The van der Waals surface area contributed by atoms with Gasteiger partial charge in [0.1, 0.15) is 0 Å². The minimum atomic E-state index is -0.268. The summed E-state index contributed by atoms with van der Waals surface area (Å²) in [5.74, 6) is -0.299. The first-order valence-corrected chi connectivity index (χ1v) is 6.37. The molecule has 0 aliphatic rings. The standard InChI is InChI=1S/C11H13BrClN3O2/c1-2-16(6-10(14)15-18)11(17)8-5-7(12)3-4-9(8)13/h3-5,18H,2,6H2,1H3,(H2,14,15). The third-order valence-corrected chi connectivity index (χ3v) is 3.13. The zero-order valence-corrected chi connectivity index (χ0v) is 12.1. The van der Waals surface area contributed by atoms with Gasteiger partial charge in [-0.15, -0.1) is 0 Å². The number of benzene rings is 1. The Hall–Kier alpha value is -1.27. The second-order valence-corrected chi connectivity index (χ2v) is 4.86. The fourth-order valence-electron chi connectivity index (χ4n) is 1.39. The van der Waals surface area contributed by atoms with Crippen LogP contribution in [0.3, 0.4) is 0 Å². The molecule has 7 heteroatoms. The molecule has 1 aromatic rings. The number of oxime groups is 1. The van der Waals surface area contributed by atoms with Gasteiger partial charge in [0.2, 0.25) is 0 Å². The number of halogens is 2. The maximum absolute atomic E-state index is 12.2. The second kappa shape index (κ2) is 6.61. The van der Waals surface area contributed by atoms with Gasteiger partial charge in [-0.2, -0.15) is 0 Å². The minimum absolute atomic E-state index is 0.0312. The fraction of sp³-hybridized carbons (Fsp3) is 0.273. The summed E-state index contributed by atoms with van der Waals surface area (Å²) >= 11 is 9.27. The van der Waals surface area contributed by atoms with Crippen LogP contribution >= 0.6 is 27.5 Å². The van der Waals surface area contributed by atoms with Gasteiger partial charge in [0, 0.05) is 11.0 Å². The molecule has 0 spiro atoms. The molecule has 0 aliphatic heterocycles. The Balaban J connectivity index is 3.00. The number of carbonyl (C=O) groups excluding carboxylic acids is 1. The number of carbonyl (C=O) groups is 1. The second-order valence-electron chi connectivity index (χ2n) is 3.53. The molecule has 0 unspecified atom stereocenters. The van der Waals surface area contributed by atoms with E-state index >= 15 is 0 Å². The van der Waals surface area contributed by atoms with Crippen molar-refractivity contribution in [2.24, 2.45) is 10.9 Å². The van der Waals surface area contributed by atoms with Crippen LogP contribution in [-0.2, 0) is 0 Å². The monoisotopic (exact) mass is 333 g/mol. The van der Waals surface area contributed by atoms with Crippen LogP contribution in [0.5, 0.6) is 0 Å². The van der Waals surface area contributed by atoms with E-state index in [0.717, 1.165) is 4.47 Å². The molecule has 0 aliphatic carbocycles. The quantitative estimate of drug-likeness (QED) is 0.384. The number of hydrogen-bond donors (Lipinski definition) is 2. The number of hydrogen-bond acceptors (Lipinski definition) is 3. The van der Waals surface area contributed by atoms with Crippen molar-refractivity contribution in [3.8, 4) is 0 Å². The number of likely N-dealkylation sites (N-methyl/N-ethyl adjacent to an activating group) is 1. The topological polar surface area (TPSA) is 78.9 Å². The number of rotatable bonds is 4. The molecule has 0 bridgehead atoms. The van der Waals surface area contributed by atoms with Gasteiger partial charge in [0.25, 0.3) is 5.91 Å². The SMILES string of the molecule is CCN(CC(N)=NO)C(=O)c1cc(Br)ccc1Cl. The fourth-order valence-corrected chi connectivity index (χ4v) is 1.95. The predicted octanol–water partition coefficient (Wildman–Crippen LogP) is 2.31. The molecule has 0 fully saturated rings. The highest BCUT2D eigenvalue weighted by Gasteiger charge is 2.18. The van der Waals surface area contributed by atoms with Gasteiger partial charge in [-0.05, 0) is 25.1 Å². The number of nitrogens with two attached hydrogens (primary N) is 1. The summed E-state index contributed by atoms with van der Waals surface area (Å²) in [4.78, 5) is 13.7. The number of nitrogens with zero attached hydrogens (tertiary/aromatic N) is 2. The van der Waals surface area contributed by atoms with Crippen LogP contribution < -0.4 is 5.73 Å². The molecule has 18 heavy (non-hydrogen) atoms. The number of amides is 1. The minimum Gasteiger partial charge on any atom is -0.409 e. The van der Waals surface area contributed by atoms with E-state index in [-0.39, 0.29) is 18.3 Å². The van der Waals surface area contributed by atoms with Crippen LogP contribution in [0, 0.1) is 0 Å². The molecule has 0 radical (unpaired) electrons. The normalized spacial score (nSPS) is 11.4. The molecule has 3 N–H and O–H groups in total. The summed E-state index contributed by atoms with van der Waals surface area (Å²) in [5.41, 5.74) is 5.77. The van der Waals surface area contributed by atoms with Crippen LogP contribution in [-0.4, -0.2) is 34.9 Å². The summed E-state index contributed by atoms with van der Waals surface area (Å²) in [6, 6.07) is 5.02. The summed E-state index contributed by atoms with van der Waals surface area (Å²) in [6.07, 6.45) is 0. The predicted molar refractivity (Wildman–Crippen MR) is 74.1 cm³/mol. The van der Waals surface area contributed by atoms with E-state index < -0.39 is 0 Å². The van der Waals surface area contributed by atoms with E-state index in [0.29, 0.717) is 17.1 Å². The average molecular weight is 335 g/mol. The molecule has 1 amide bonds. The van der Waals surface area contributed by atoms with Gasteiger partial charge in [-0.1, -0.05) is 32.7 Å². The molecule has 98 valence electrons. The van der Waals surface area contributed by atoms with Crippen LogP contribution in [0.15, 0.2) is 27.8 Å². The summed E-state index contributed by atoms with van der Waals surface area (Å²) < 4.78 is 0.759. The van der Waals surface area contributed by atoms with Gasteiger partial charge in [0.15, 0.2) is 5.84 Å². The molecule has 0 heterocycles. The Morgan fingerprint density at radius 1 is 1.61 bits per heavy atom. The van der Waals surface area contributed by atoms with Crippen LogP contribution in [0.2, 0.25) is 5.02 Å². The van der Waals surface area contributed by atoms with E-state index in [4.69, 9.17) is 22.5 Å². The van der Waals surface area contributed by atoms with Gasteiger partial charge in [-0.25, -0.2) is 0 Å².